The molecule has 2 heterocycles. The predicted octanol–water partition coefficient (Wildman–Crippen LogP) is 4.28. The zero-order chi connectivity index (χ0) is 19.5. The zero-order valence-corrected chi connectivity index (χ0v) is 16.8. The van der Waals surface area contributed by atoms with Crippen LogP contribution in [0.2, 0.25) is 5.02 Å². The number of hydrogen-bond acceptors (Lipinski definition) is 6. The van der Waals surface area contributed by atoms with Crippen molar-refractivity contribution in [2.75, 3.05) is 38.2 Å². The summed E-state index contributed by atoms with van der Waals surface area (Å²) in [4.78, 5) is 4.72. The van der Waals surface area contributed by atoms with Crippen LogP contribution in [0.3, 0.4) is 0 Å². The third kappa shape index (κ3) is 3.98. The number of nitrogens with zero attached hydrogens (tertiary/aromatic N) is 4. The summed E-state index contributed by atoms with van der Waals surface area (Å²) in [5.41, 5.74) is 2.05. The van der Waals surface area contributed by atoms with E-state index in [1.54, 1.807) is 7.11 Å². The molecule has 0 radical (unpaired) electrons. The summed E-state index contributed by atoms with van der Waals surface area (Å²) < 4.78 is 11.1. The van der Waals surface area contributed by atoms with Gasteiger partial charge >= 0.3 is 0 Å². The molecule has 3 aromatic rings. The first kappa shape index (κ1) is 18.8. The lowest BCUT2D eigenvalue weighted by atomic mass is 10.2. The molecule has 1 fully saturated rings. The molecule has 0 N–H and O–H groups in total. The van der Waals surface area contributed by atoms with E-state index in [9.17, 15) is 0 Å². The van der Waals surface area contributed by atoms with Gasteiger partial charge in [0.25, 0.3) is 0 Å². The maximum atomic E-state index is 6.12. The monoisotopic (exact) mass is 398 g/mol. The van der Waals surface area contributed by atoms with Crippen molar-refractivity contribution < 1.29 is 9.15 Å². The number of ether oxygens (including phenoxy) is 1. The van der Waals surface area contributed by atoms with Crippen molar-refractivity contribution in [1.82, 2.24) is 15.1 Å². The second kappa shape index (κ2) is 8.20. The van der Waals surface area contributed by atoms with Crippen molar-refractivity contribution in [3.8, 4) is 17.2 Å². The van der Waals surface area contributed by atoms with Gasteiger partial charge in [-0.05, 0) is 49.4 Å². The van der Waals surface area contributed by atoms with Gasteiger partial charge in [-0.25, -0.2) is 0 Å². The molecule has 1 atom stereocenters. The molecule has 0 spiro atoms. The maximum Gasteiger partial charge on any atom is 0.247 e. The van der Waals surface area contributed by atoms with E-state index in [1.807, 2.05) is 42.5 Å². The highest BCUT2D eigenvalue weighted by Crippen LogP contribution is 2.27. The van der Waals surface area contributed by atoms with Crippen molar-refractivity contribution in [3.63, 3.8) is 0 Å². The summed E-state index contributed by atoms with van der Waals surface area (Å²) in [5.74, 6) is 1.97. The summed E-state index contributed by atoms with van der Waals surface area (Å²) in [7, 11) is 1.65. The fraction of sp³-hybridized carbons (Fsp3) is 0.333. The number of piperazine rings is 1. The molecular weight excluding hydrogens is 376 g/mol. The van der Waals surface area contributed by atoms with Crippen LogP contribution in [0.25, 0.3) is 11.5 Å². The standard InChI is InChI=1S/C21H23ClN4O2/c1-15(20-23-24-21(28-20)16-6-8-19(27-2)9-7-16)25-10-12-26(13-11-25)18-5-3-4-17(22)14-18/h3-9,14-15H,10-13H2,1-2H3/t15-/m0/s1. The Labute approximate surface area is 169 Å². The average molecular weight is 399 g/mol. The van der Waals surface area contributed by atoms with Crippen LogP contribution in [0, 0.1) is 0 Å². The summed E-state index contributed by atoms with van der Waals surface area (Å²) in [6.07, 6.45) is 0. The topological polar surface area (TPSA) is 54.6 Å². The van der Waals surface area contributed by atoms with Crippen molar-refractivity contribution in [1.29, 1.82) is 0 Å². The molecule has 1 aliphatic heterocycles. The lowest BCUT2D eigenvalue weighted by molar-refractivity contribution is 0.174. The number of methoxy groups -OCH3 is 1. The minimum Gasteiger partial charge on any atom is -0.497 e. The quantitative estimate of drug-likeness (QED) is 0.639. The lowest BCUT2D eigenvalue weighted by Crippen LogP contribution is -2.47. The highest BCUT2D eigenvalue weighted by Gasteiger charge is 2.26. The molecule has 0 unspecified atom stereocenters. The summed E-state index contributed by atoms with van der Waals surface area (Å²) in [5, 5.41) is 9.27. The van der Waals surface area contributed by atoms with Gasteiger partial charge in [-0.1, -0.05) is 17.7 Å². The Morgan fingerprint density at radius 1 is 1.04 bits per heavy atom. The number of anilines is 1. The highest BCUT2D eigenvalue weighted by molar-refractivity contribution is 6.30. The first-order valence-corrected chi connectivity index (χ1v) is 9.74. The highest BCUT2D eigenvalue weighted by atomic mass is 35.5. The first-order chi connectivity index (χ1) is 13.6. The van der Waals surface area contributed by atoms with Gasteiger partial charge in [-0.2, -0.15) is 0 Å². The molecule has 7 heteroatoms. The Morgan fingerprint density at radius 3 is 2.46 bits per heavy atom. The van der Waals surface area contributed by atoms with Crippen molar-refractivity contribution in [2.24, 2.45) is 0 Å². The van der Waals surface area contributed by atoms with Crippen LogP contribution in [0.15, 0.2) is 52.9 Å². The van der Waals surface area contributed by atoms with Crippen LogP contribution in [-0.4, -0.2) is 48.4 Å². The van der Waals surface area contributed by atoms with Crippen molar-refractivity contribution in [2.45, 2.75) is 13.0 Å². The molecule has 0 bridgehead atoms. The van der Waals surface area contributed by atoms with Crippen LogP contribution >= 0.6 is 11.6 Å². The van der Waals surface area contributed by atoms with E-state index in [-0.39, 0.29) is 6.04 Å². The molecule has 0 amide bonds. The van der Waals surface area contributed by atoms with E-state index < -0.39 is 0 Å². The fourth-order valence-electron chi connectivity index (χ4n) is 3.45. The Kier molecular flexibility index (Phi) is 5.50. The third-order valence-corrected chi connectivity index (χ3v) is 5.41. The van der Waals surface area contributed by atoms with Gasteiger partial charge in [-0.15, -0.1) is 10.2 Å². The average Bonchev–Trinajstić information content (AvgIpc) is 3.24. The van der Waals surface area contributed by atoms with Crippen LogP contribution in [0.4, 0.5) is 5.69 Å². The van der Waals surface area contributed by atoms with E-state index in [0.717, 1.165) is 42.5 Å². The second-order valence-electron chi connectivity index (χ2n) is 6.85. The number of rotatable bonds is 5. The molecule has 28 heavy (non-hydrogen) atoms. The Bertz CT molecular complexity index is 920. The number of hydrogen-bond donors (Lipinski definition) is 0. The molecule has 0 aliphatic carbocycles. The van der Waals surface area contributed by atoms with Gasteiger partial charge in [0, 0.05) is 42.5 Å². The van der Waals surface area contributed by atoms with E-state index >= 15 is 0 Å². The van der Waals surface area contributed by atoms with Crippen molar-refractivity contribution in [3.05, 3.63) is 59.4 Å². The molecule has 146 valence electrons. The molecule has 4 rings (SSSR count). The van der Waals surface area contributed by atoms with E-state index in [2.05, 4.69) is 33.0 Å². The number of benzene rings is 2. The van der Waals surface area contributed by atoms with E-state index in [0.29, 0.717) is 11.8 Å². The predicted molar refractivity (Wildman–Crippen MR) is 110 cm³/mol. The second-order valence-corrected chi connectivity index (χ2v) is 7.29. The Morgan fingerprint density at radius 2 is 1.79 bits per heavy atom. The van der Waals surface area contributed by atoms with Gasteiger partial charge in [0.05, 0.1) is 13.2 Å². The Balaban J connectivity index is 1.40. The smallest absolute Gasteiger partial charge is 0.247 e. The van der Waals surface area contributed by atoms with E-state index in [4.69, 9.17) is 20.8 Å². The van der Waals surface area contributed by atoms with Gasteiger partial charge in [0.1, 0.15) is 5.75 Å². The third-order valence-electron chi connectivity index (χ3n) is 5.17. The molecule has 1 aliphatic rings. The van der Waals surface area contributed by atoms with Crippen LogP contribution in [-0.2, 0) is 0 Å². The van der Waals surface area contributed by atoms with Crippen molar-refractivity contribution >= 4 is 17.3 Å². The lowest BCUT2D eigenvalue weighted by Gasteiger charge is -2.38. The van der Waals surface area contributed by atoms with Gasteiger partial charge in [0.2, 0.25) is 11.8 Å². The molecular formula is C21H23ClN4O2. The molecule has 1 aromatic heterocycles. The van der Waals surface area contributed by atoms with Gasteiger partial charge in [-0.3, -0.25) is 4.90 Å². The Hall–Kier alpha value is -2.57. The minimum absolute atomic E-state index is 0.0704. The van der Waals surface area contributed by atoms with Crippen LogP contribution in [0.5, 0.6) is 5.75 Å². The SMILES string of the molecule is COc1ccc(-c2nnc([C@H](C)N3CCN(c4cccc(Cl)c4)CC3)o2)cc1. The summed E-state index contributed by atoms with van der Waals surface area (Å²) >= 11 is 6.12. The van der Waals surface area contributed by atoms with Gasteiger partial charge < -0.3 is 14.1 Å². The van der Waals surface area contributed by atoms with Gasteiger partial charge in [0.15, 0.2) is 0 Å². The summed E-state index contributed by atoms with van der Waals surface area (Å²) in [6.45, 7) is 5.83. The van der Waals surface area contributed by atoms with Crippen LogP contribution in [0.1, 0.15) is 18.9 Å². The first-order valence-electron chi connectivity index (χ1n) is 9.36. The van der Waals surface area contributed by atoms with E-state index in [1.165, 1.54) is 5.69 Å². The minimum atomic E-state index is 0.0704. The largest absolute Gasteiger partial charge is 0.497 e. The number of aromatic nitrogens is 2. The molecule has 2 aromatic carbocycles. The molecule has 6 nitrogen and oxygen atoms in total. The maximum absolute atomic E-state index is 6.12. The fourth-order valence-corrected chi connectivity index (χ4v) is 3.63. The number of halogens is 1. The summed E-state index contributed by atoms with van der Waals surface area (Å²) in [6, 6.07) is 15.7. The molecule has 0 saturated carbocycles. The normalized spacial score (nSPS) is 16.2. The van der Waals surface area contributed by atoms with Crippen LogP contribution < -0.4 is 9.64 Å². The zero-order valence-electron chi connectivity index (χ0n) is 16.0. The molecule has 1 saturated heterocycles.